The molecule has 31 heavy (non-hydrogen) atoms. The third kappa shape index (κ3) is 2.36. The van der Waals surface area contributed by atoms with Crippen molar-refractivity contribution in [1.29, 1.82) is 0 Å². The highest BCUT2D eigenvalue weighted by molar-refractivity contribution is 6.30. The van der Waals surface area contributed by atoms with E-state index in [0.717, 1.165) is 10.9 Å². The number of furan rings is 1. The van der Waals surface area contributed by atoms with Crippen LogP contribution in [0.15, 0.2) is 77.5 Å². The molecule has 1 saturated heterocycles. The van der Waals surface area contributed by atoms with E-state index in [1.54, 1.807) is 46.5 Å². The van der Waals surface area contributed by atoms with Crippen molar-refractivity contribution in [3.63, 3.8) is 0 Å². The third-order valence-electron chi connectivity index (χ3n) is 6.13. The molecular formula is C24H16ClN3O3. The quantitative estimate of drug-likeness (QED) is 0.476. The molecule has 2 aromatic carbocycles. The van der Waals surface area contributed by atoms with Crippen molar-refractivity contribution in [3.8, 4) is 0 Å². The molecule has 1 atom stereocenters. The molecule has 0 spiro atoms. The van der Waals surface area contributed by atoms with E-state index in [9.17, 15) is 9.59 Å². The number of aromatic nitrogens is 1. The number of benzene rings is 2. The van der Waals surface area contributed by atoms with E-state index in [-0.39, 0.29) is 17.6 Å². The van der Waals surface area contributed by atoms with Crippen molar-refractivity contribution >= 4 is 34.4 Å². The Hall–Kier alpha value is -3.64. The van der Waals surface area contributed by atoms with Crippen molar-refractivity contribution in [1.82, 2.24) is 14.8 Å². The molecule has 1 fully saturated rings. The summed E-state index contributed by atoms with van der Waals surface area (Å²) >= 11 is 6.14. The van der Waals surface area contributed by atoms with E-state index in [0.29, 0.717) is 34.8 Å². The minimum atomic E-state index is -1.10. The zero-order chi connectivity index (χ0) is 21.2. The lowest BCUT2D eigenvalue weighted by molar-refractivity contribution is 0.0356. The lowest BCUT2D eigenvalue weighted by Gasteiger charge is -2.39. The summed E-state index contributed by atoms with van der Waals surface area (Å²) in [5.74, 6) is -0.161. The molecule has 6 rings (SSSR count). The summed E-state index contributed by atoms with van der Waals surface area (Å²) in [4.78, 5) is 34.8. The van der Waals surface area contributed by atoms with Gasteiger partial charge in [0.2, 0.25) is 0 Å². The topological polar surface area (TPSA) is 66.7 Å². The van der Waals surface area contributed by atoms with Crippen LogP contribution in [-0.2, 0) is 5.66 Å². The first-order valence-electron chi connectivity index (χ1n) is 9.94. The van der Waals surface area contributed by atoms with Crippen LogP contribution in [0, 0.1) is 0 Å². The summed E-state index contributed by atoms with van der Waals surface area (Å²) in [6.07, 6.45) is 3.27. The van der Waals surface area contributed by atoms with Crippen LogP contribution < -0.4 is 0 Å². The predicted molar refractivity (Wildman–Crippen MR) is 115 cm³/mol. The van der Waals surface area contributed by atoms with E-state index >= 15 is 0 Å². The second kappa shape index (κ2) is 6.43. The van der Waals surface area contributed by atoms with Crippen LogP contribution in [0.2, 0.25) is 5.02 Å². The average molecular weight is 430 g/mol. The molecule has 0 N–H and O–H groups in total. The Morgan fingerprint density at radius 3 is 2.68 bits per heavy atom. The van der Waals surface area contributed by atoms with Gasteiger partial charge in [-0.05, 0) is 30.3 Å². The first-order valence-corrected chi connectivity index (χ1v) is 10.3. The maximum atomic E-state index is 13.8. The van der Waals surface area contributed by atoms with E-state index in [2.05, 4.69) is 4.98 Å². The highest BCUT2D eigenvalue weighted by Gasteiger charge is 2.60. The summed E-state index contributed by atoms with van der Waals surface area (Å²) in [5.41, 5.74) is 1.56. The van der Waals surface area contributed by atoms with E-state index < -0.39 is 5.66 Å². The number of halogens is 1. The molecule has 2 aliphatic heterocycles. The highest BCUT2D eigenvalue weighted by Crippen LogP contribution is 2.50. The van der Waals surface area contributed by atoms with Gasteiger partial charge in [-0.2, -0.15) is 0 Å². The number of hydrogen-bond acceptors (Lipinski definition) is 4. The Kier molecular flexibility index (Phi) is 3.76. The first kappa shape index (κ1) is 18.2. The summed E-state index contributed by atoms with van der Waals surface area (Å²) < 4.78 is 5.87. The maximum absolute atomic E-state index is 13.8. The predicted octanol–water partition coefficient (Wildman–Crippen LogP) is 4.29. The molecule has 6 nitrogen and oxygen atoms in total. The number of amides is 2. The molecule has 1 unspecified atom stereocenters. The van der Waals surface area contributed by atoms with E-state index in [1.807, 2.05) is 36.4 Å². The van der Waals surface area contributed by atoms with Crippen LogP contribution in [0.4, 0.5) is 0 Å². The third-order valence-corrected chi connectivity index (χ3v) is 6.38. The van der Waals surface area contributed by atoms with Crippen LogP contribution in [-0.4, -0.2) is 39.7 Å². The Bertz CT molecular complexity index is 1330. The number of nitrogens with zero attached hydrogens (tertiary/aromatic N) is 3. The van der Waals surface area contributed by atoms with Gasteiger partial charge < -0.3 is 14.2 Å². The van der Waals surface area contributed by atoms with Crippen LogP contribution in [0.5, 0.6) is 0 Å². The molecular weight excluding hydrogens is 414 g/mol. The zero-order valence-corrected chi connectivity index (χ0v) is 17.0. The molecule has 4 heterocycles. The molecule has 0 aliphatic carbocycles. The summed E-state index contributed by atoms with van der Waals surface area (Å²) in [6, 6.07) is 18.2. The number of para-hydroxylation sites is 1. The molecule has 0 bridgehead atoms. The van der Waals surface area contributed by atoms with Crippen LogP contribution in [0.3, 0.4) is 0 Å². The molecule has 2 aromatic heterocycles. The standard InChI is InChI=1S/C24H16ClN3O3/c25-17-7-5-16(6-8-17)24-19-14-26-10-9-18(19)22(29)27(24)11-12-28(24)23(30)21-13-15-3-1-2-4-20(15)31-21/h1-10,13-14H,11-12H2. The zero-order valence-electron chi connectivity index (χ0n) is 16.3. The van der Waals surface area contributed by atoms with Crippen LogP contribution in [0.25, 0.3) is 11.0 Å². The van der Waals surface area contributed by atoms with Crippen molar-refractivity contribution in [2.24, 2.45) is 0 Å². The van der Waals surface area contributed by atoms with Gasteiger partial charge in [0.05, 0.1) is 5.56 Å². The molecule has 152 valence electrons. The van der Waals surface area contributed by atoms with Crippen LogP contribution in [0.1, 0.15) is 32.0 Å². The first-order chi connectivity index (χ1) is 15.1. The normalized spacial score (nSPS) is 19.7. The van der Waals surface area contributed by atoms with Gasteiger partial charge >= 0.3 is 0 Å². The number of hydrogen-bond donors (Lipinski definition) is 0. The van der Waals surface area contributed by atoms with Crippen molar-refractivity contribution in [2.45, 2.75) is 5.66 Å². The Balaban J connectivity index is 1.57. The highest BCUT2D eigenvalue weighted by atomic mass is 35.5. The average Bonchev–Trinajstić information content (AvgIpc) is 3.46. The molecule has 4 aromatic rings. The minimum absolute atomic E-state index is 0.118. The van der Waals surface area contributed by atoms with Crippen molar-refractivity contribution in [3.05, 3.63) is 101 Å². The van der Waals surface area contributed by atoms with Gasteiger partial charge in [-0.15, -0.1) is 0 Å². The van der Waals surface area contributed by atoms with Gasteiger partial charge in [0, 0.05) is 47.0 Å². The maximum Gasteiger partial charge on any atom is 0.292 e. The van der Waals surface area contributed by atoms with Crippen molar-refractivity contribution < 1.29 is 14.0 Å². The van der Waals surface area contributed by atoms with Crippen LogP contribution >= 0.6 is 11.6 Å². The number of rotatable bonds is 2. The second-order valence-corrected chi connectivity index (χ2v) is 8.10. The fourth-order valence-corrected chi connectivity index (χ4v) is 4.96. The van der Waals surface area contributed by atoms with Gasteiger partial charge in [0.1, 0.15) is 5.58 Å². The van der Waals surface area contributed by atoms with E-state index in [4.69, 9.17) is 16.0 Å². The monoisotopic (exact) mass is 429 g/mol. The number of pyridine rings is 1. The van der Waals surface area contributed by atoms with E-state index in [1.165, 1.54) is 0 Å². The minimum Gasteiger partial charge on any atom is -0.451 e. The molecule has 7 heteroatoms. The van der Waals surface area contributed by atoms with Gasteiger partial charge in [0.25, 0.3) is 11.8 Å². The summed E-state index contributed by atoms with van der Waals surface area (Å²) in [6.45, 7) is 0.778. The lowest BCUT2D eigenvalue weighted by Crippen LogP contribution is -2.51. The summed E-state index contributed by atoms with van der Waals surface area (Å²) in [7, 11) is 0. The van der Waals surface area contributed by atoms with Gasteiger partial charge in [-0.3, -0.25) is 14.6 Å². The number of carbonyl (C=O) groups is 2. The number of fused-ring (bicyclic) bond motifs is 4. The second-order valence-electron chi connectivity index (χ2n) is 7.66. The Morgan fingerprint density at radius 1 is 1.06 bits per heavy atom. The van der Waals surface area contributed by atoms with Gasteiger partial charge in [-0.1, -0.05) is 41.9 Å². The Morgan fingerprint density at radius 2 is 1.87 bits per heavy atom. The fraction of sp³-hybridized carbons (Fsp3) is 0.125. The van der Waals surface area contributed by atoms with Crippen molar-refractivity contribution in [2.75, 3.05) is 13.1 Å². The fourth-order valence-electron chi connectivity index (χ4n) is 4.83. The number of carbonyl (C=O) groups excluding carboxylic acids is 2. The lowest BCUT2D eigenvalue weighted by atomic mass is 9.91. The Labute approximate surface area is 182 Å². The smallest absolute Gasteiger partial charge is 0.292 e. The largest absolute Gasteiger partial charge is 0.451 e. The molecule has 0 radical (unpaired) electrons. The molecule has 2 amide bonds. The van der Waals surface area contributed by atoms with Gasteiger partial charge in [0.15, 0.2) is 11.4 Å². The SMILES string of the molecule is O=C(c1cc2ccccc2o1)N1CCN2C(=O)c3ccncc3C12c1ccc(Cl)cc1. The molecule has 0 saturated carbocycles. The van der Waals surface area contributed by atoms with Gasteiger partial charge in [-0.25, -0.2) is 0 Å². The summed E-state index contributed by atoms with van der Waals surface area (Å²) in [5, 5.41) is 1.43. The molecule has 2 aliphatic rings.